The van der Waals surface area contributed by atoms with E-state index in [1.54, 1.807) is 18.0 Å². The Morgan fingerprint density at radius 3 is 3.00 bits per heavy atom. The van der Waals surface area contributed by atoms with Gasteiger partial charge in [0.25, 0.3) is 0 Å². The first-order valence-corrected chi connectivity index (χ1v) is 7.46. The molecule has 22 heavy (non-hydrogen) atoms. The fourth-order valence-electron chi connectivity index (χ4n) is 2.53. The Balaban J connectivity index is 1.59. The number of amides is 2. The van der Waals surface area contributed by atoms with Gasteiger partial charge < -0.3 is 9.42 Å². The lowest BCUT2D eigenvalue weighted by Crippen LogP contribution is -2.33. The number of likely N-dealkylation sites (tertiary alicyclic amines) is 1. The summed E-state index contributed by atoms with van der Waals surface area (Å²) >= 11 is 0. The van der Waals surface area contributed by atoms with Crippen LogP contribution in [0.25, 0.3) is 0 Å². The van der Waals surface area contributed by atoms with E-state index in [0.717, 1.165) is 18.4 Å². The van der Waals surface area contributed by atoms with Gasteiger partial charge in [0.05, 0.1) is 0 Å². The number of aryl methyl sites for hydroxylation is 2. The number of pyridine rings is 1. The van der Waals surface area contributed by atoms with Crippen LogP contribution in [0.2, 0.25) is 0 Å². The topological polar surface area (TPSA) is 84.2 Å². The summed E-state index contributed by atoms with van der Waals surface area (Å²) in [7, 11) is 0. The molecule has 3 rings (SSSR count). The molecule has 7 heteroatoms. The highest BCUT2D eigenvalue weighted by molar-refractivity contribution is 5.88. The Bertz CT molecular complexity index is 652. The molecule has 0 aromatic carbocycles. The standard InChI is InChI=1S/C15H19N5O2/c1-3-11-4-5-13(16-8-11)18-15(21)20-7-6-12(9-20)14-17-10(2)22-19-14/h4-5,8,12H,3,6-7,9H2,1-2H3,(H,16,18,21). The predicted octanol–water partition coefficient (Wildman–Crippen LogP) is 2.36. The molecule has 0 saturated carbocycles. The molecule has 1 atom stereocenters. The van der Waals surface area contributed by atoms with Crippen LogP contribution in [0.5, 0.6) is 0 Å². The molecule has 0 aliphatic carbocycles. The van der Waals surface area contributed by atoms with Gasteiger partial charge in [-0.25, -0.2) is 9.78 Å². The van der Waals surface area contributed by atoms with Crippen LogP contribution in [-0.2, 0) is 6.42 Å². The summed E-state index contributed by atoms with van der Waals surface area (Å²) < 4.78 is 5.00. The molecule has 1 aliphatic heterocycles. The molecule has 2 aromatic heterocycles. The van der Waals surface area contributed by atoms with Crippen molar-refractivity contribution in [3.63, 3.8) is 0 Å². The number of hydrogen-bond donors (Lipinski definition) is 1. The minimum Gasteiger partial charge on any atom is -0.340 e. The maximum atomic E-state index is 12.3. The van der Waals surface area contributed by atoms with E-state index in [4.69, 9.17) is 4.52 Å². The van der Waals surface area contributed by atoms with Crippen molar-refractivity contribution in [2.24, 2.45) is 0 Å². The largest absolute Gasteiger partial charge is 0.340 e. The van der Waals surface area contributed by atoms with Crippen LogP contribution in [0.3, 0.4) is 0 Å². The fourth-order valence-corrected chi connectivity index (χ4v) is 2.53. The Morgan fingerprint density at radius 2 is 2.36 bits per heavy atom. The summed E-state index contributed by atoms with van der Waals surface area (Å²) in [5.41, 5.74) is 1.15. The molecule has 1 unspecified atom stereocenters. The third-order valence-electron chi connectivity index (χ3n) is 3.85. The zero-order valence-corrected chi connectivity index (χ0v) is 12.7. The maximum absolute atomic E-state index is 12.3. The van der Waals surface area contributed by atoms with Crippen LogP contribution >= 0.6 is 0 Å². The fraction of sp³-hybridized carbons (Fsp3) is 0.467. The average Bonchev–Trinajstić information content (AvgIpc) is 3.16. The van der Waals surface area contributed by atoms with Crippen molar-refractivity contribution >= 4 is 11.8 Å². The Labute approximate surface area is 128 Å². The van der Waals surface area contributed by atoms with Gasteiger partial charge >= 0.3 is 6.03 Å². The van der Waals surface area contributed by atoms with E-state index in [1.807, 2.05) is 12.1 Å². The molecule has 3 heterocycles. The van der Waals surface area contributed by atoms with E-state index in [0.29, 0.717) is 30.6 Å². The summed E-state index contributed by atoms with van der Waals surface area (Å²) in [5, 5.41) is 6.76. The number of urea groups is 1. The van der Waals surface area contributed by atoms with E-state index >= 15 is 0 Å². The van der Waals surface area contributed by atoms with E-state index in [2.05, 4.69) is 27.4 Å². The molecule has 0 radical (unpaired) electrons. The van der Waals surface area contributed by atoms with Gasteiger partial charge in [-0.3, -0.25) is 5.32 Å². The summed E-state index contributed by atoms with van der Waals surface area (Å²) in [5.74, 6) is 1.94. The highest BCUT2D eigenvalue weighted by atomic mass is 16.5. The minimum absolute atomic E-state index is 0.138. The first-order chi connectivity index (χ1) is 10.7. The van der Waals surface area contributed by atoms with Crippen LogP contribution in [0.4, 0.5) is 10.6 Å². The van der Waals surface area contributed by atoms with Gasteiger partial charge in [-0.2, -0.15) is 4.98 Å². The molecule has 1 aliphatic rings. The molecule has 0 bridgehead atoms. The summed E-state index contributed by atoms with van der Waals surface area (Å²) in [4.78, 5) is 22.5. The van der Waals surface area contributed by atoms with Crippen molar-refractivity contribution in [2.45, 2.75) is 32.6 Å². The number of carbonyl (C=O) groups excluding carboxylic acids is 1. The van der Waals surface area contributed by atoms with Crippen molar-refractivity contribution in [2.75, 3.05) is 18.4 Å². The van der Waals surface area contributed by atoms with Crippen LogP contribution in [0, 0.1) is 6.92 Å². The quantitative estimate of drug-likeness (QED) is 0.940. The van der Waals surface area contributed by atoms with Gasteiger partial charge in [-0.05, 0) is 24.5 Å². The van der Waals surface area contributed by atoms with E-state index in [1.165, 1.54) is 0 Å². The zero-order valence-electron chi connectivity index (χ0n) is 12.7. The highest BCUT2D eigenvalue weighted by Crippen LogP contribution is 2.25. The van der Waals surface area contributed by atoms with Crippen LogP contribution in [0.15, 0.2) is 22.9 Å². The minimum atomic E-state index is -0.139. The smallest absolute Gasteiger partial charge is 0.323 e. The second kappa shape index (κ2) is 6.13. The van der Waals surface area contributed by atoms with Crippen molar-refractivity contribution in [1.82, 2.24) is 20.0 Å². The van der Waals surface area contributed by atoms with Gasteiger partial charge in [0.1, 0.15) is 5.82 Å². The Morgan fingerprint density at radius 1 is 1.50 bits per heavy atom. The number of nitrogens with one attached hydrogen (secondary N) is 1. The summed E-state index contributed by atoms with van der Waals surface area (Å²) in [6.07, 6.45) is 3.55. The molecular weight excluding hydrogens is 282 g/mol. The SMILES string of the molecule is CCc1ccc(NC(=O)N2CCC(c3noc(C)n3)C2)nc1. The summed E-state index contributed by atoms with van der Waals surface area (Å²) in [6.45, 7) is 5.11. The first-order valence-electron chi connectivity index (χ1n) is 7.46. The molecule has 0 spiro atoms. The number of rotatable bonds is 3. The molecule has 116 valence electrons. The third kappa shape index (κ3) is 3.08. The predicted molar refractivity (Wildman–Crippen MR) is 80.6 cm³/mol. The first kappa shape index (κ1) is 14.5. The molecule has 1 saturated heterocycles. The molecule has 1 N–H and O–H groups in total. The van der Waals surface area contributed by atoms with Crippen LogP contribution < -0.4 is 5.32 Å². The van der Waals surface area contributed by atoms with Crippen LogP contribution in [0.1, 0.15) is 36.5 Å². The lowest BCUT2D eigenvalue weighted by atomic mass is 10.1. The van der Waals surface area contributed by atoms with Crippen molar-refractivity contribution in [1.29, 1.82) is 0 Å². The second-order valence-electron chi connectivity index (χ2n) is 5.44. The van der Waals surface area contributed by atoms with Crippen molar-refractivity contribution in [3.05, 3.63) is 35.6 Å². The maximum Gasteiger partial charge on any atom is 0.323 e. The number of hydrogen-bond acceptors (Lipinski definition) is 5. The third-order valence-corrected chi connectivity index (χ3v) is 3.85. The second-order valence-corrected chi connectivity index (χ2v) is 5.44. The van der Waals surface area contributed by atoms with E-state index < -0.39 is 0 Å². The number of anilines is 1. The number of aromatic nitrogens is 3. The Hall–Kier alpha value is -2.44. The van der Waals surface area contributed by atoms with E-state index in [-0.39, 0.29) is 11.9 Å². The lowest BCUT2D eigenvalue weighted by Gasteiger charge is -2.16. The van der Waals surface area contributed by atoms with Crippen molar-refractivity contribution in [3.8, 4) is 0 Å². The lowest BCUT2D eigenvalue weighted by molar-refractivity contribution is 0.221. The molecule has 2 aromatic rings. The molecule has 7 nitrogen and oxygen atoms in total. The monoisotopic (exact) mass is 301 g/mol. The number of carbonyl (C=O) groups is 1. The summed E-state index contributed by atoms with van der Waals surface area (Å²) in [6, 6.07) is 3.66. The van der Waals surface area contributed by atoms with Gasteiger partial charge in [-0.15, -0.1) is 0 Å². The molecular formula is C15H19N5O2. The molecule has 2 amide bonds. The van der Waals surface area contributed by atoms with Crippen molar-refractivity contribution < 1.29 is 9.32 Å². The van der Waals surface area contributed by atoms with Gasteiger partial charge in [0.15, 0.2) is 5.82 Å². The molecule has 1 fully saturated rings. The van der Waals surface area contributed by atoms with Gasteiger partial charge in [0.2, 0.25) is 5.89 Å². The number of nitrogens with zero attached hydrogens (tertiary/aromatic N) is 4. The van der Waals surface area contributed by atoms with E-state index in [9.17, 15) is 4.79 Å². The van der Waals surface area contributed by atoms with Gasteiger partial charge in [-0.1, -0.05) is 18.1 Å². The van der Waals surface area contributed by atoms with Crippen LogP contribution in [-0.4, -0.2) is 39.1 Å². The Kier molecular flexibility index (Phi) is 4.04. The normalized spacial score (nSPS) is 17.7. The average molecular weight is 301 g/mol. The highest BCUT2D eigenvalue weighted by Gasteiger charge is 2.30. The van der Waals surface area contributed by atoms with Gasteiger partial charge in [0, 0.05) is 32.1 Å². The zero-order chi connectivity index (χ0) is 15.5.